The van der Waals surface area contributed by atoms with Gasteiger partial charge in [0.05, 0.1) is 19.1 Å². The van der Waals surface area contributed by atoms with Gasteiger partial charge in [-0.25, -0.2) is 5.43 Å². The molecular formula is C27H27N5O3S. The summed E-state index contributed by atoms with van der Waals surface area (Å²) < 4.78 is 13.0. The molecular weight excluding hydrogens is 474 g/mol. The molecule has 3 aromatic carbocycles. The van der Waals surface area contributed by atoms with Crippen molar-refractivity contribution in [1.82, 2.24) is 20.2 Å². The lowest BCUT2D eigenvalue weighted by Gasteiger charge is -2.07. The fourth-order valence-electron chi connectivity index (χ4n) is 3.37. The van der Waals surface area contributed by atoms with Crippen molar-refractivity contribution in [1.29, 1.82) is 0 Å². The molecule has 0 atom stereocenters. The Hall–Kier alpha value is -4.11. The molecule has 184 valence electrons. The highest BCUT2D eigenvalue weighted by Crippen LogP contribution is 2.25. The van der Waals surface area contributed by atoms with Gasteiger partial charge in [0.1, 0.15) is 18.1 Å². The number of carbonyl (C=O) groups excluding carboxylic acids is 1. The summed E-state index contributed by atoms with van der Waals surface area (Å²) >= 11 is 1.32. The van der Waals surface area contributed by atoms with Crippen molar-refractivity contribution < 1.29 is 14.3 Å². The number of methoxy groups -OCH3 is 1. The van der Waals surface area contributed by atoms with Crippen LogP contribution in [0.15, 0.2) is 89.1 Å². The number of nitrogens with zero attached hydrogens (tertiary/aromatic N) is 4. The molecule has 0 spiro atoms. The lowest BCUT2D eigenvalue weighted by Crippen LogP contribution is -2.20. The van der Waals surface area contributed by atoms with Crippen LogP contribution in [0, 0.1) is 0 Å². The van der Waals surface area contributed by atoms with Gasteiger partial charge in [-0.2, -0.15) is 5.10 Å². The Morgan fingerprint density at radius 3 is 2.42 bits per heavy atom. The maximum atomic E-state index is 12.3. The quantitative estimate of drug-likeness (QED) is 0.180. The van der Waals surface area contributed by atoms with Crippen molar-refractivity contribution in [3.05, 3.63) is 90.0 Å². The van der Waals surface area contributed by atoms with Crippen molar-refractivity contribution in [2.24, 2.45) is 5.10 Å². The van der Waals surface area contributed by atoms with E-state index < -0.39 is 0 Å². The van der Waals surface area contributed by atoms with Gasteiger partial charge in [0.25, 0.3) is 5.91 Å². The van der Waals surface area contributed by atoms with Gasteiger partial charge in [0.2, 0.25) is 0 Å². The normalized spacial score (nSPS) is 10.9. The molecule has 9 heteroatoms. The number of hydrogen-bond acceptors (Lipinski definition) is 7. The van der Waals surface area contributed by atoms with Crippen molar-refractivity contribution in [3.63, 3.8) is 0 Å². The number of rotatable bonds is 11. The summed E-state index contributed by atoms with van der Waals surface area (Å²) in [6, 6.07) is 25.2. The average molecular weight is 502 g/mol. The zero-order chi connectivity index (χ0) is 25.2. The first-order valence-electron chi connectivity index (χ1n) is 11.5. The summed E-state index contributed by atoms with van der Waals surface area (Å²) in [5.41, 5.74) is 5.45. The van der Waals surface area contributed by atoms with Gasteiger partial charge in [0.15, 0.2) is 11.0 Å². The van der Waals surface area contributed by atoms with E-state index in [-0.39, 0.29) is 11.7 Å². The van der Waals surface area contributed by atoms with Gasteiger partial charge < -0.3 is 14.0 Å². The van der Waals surface area contributed by atoms with E-state index in [1.807, 2.05) is 90.4 Å². The third-order valence-corrected chi connectivity index (χ3v) is 6.21. The van der Waals surface area contributed by atoms with Crippen LogP contribution in [0.5, 0.6) is 11.5 Å². The minimum absolute atomic E-state index is 0.171. The summed E-state index contributed by atoms with van der Waals surface area (Å²) in [5, 5.41) is 13.3. The number of benzene rings is 3. The van der Waals surface area contributed by atoms with Gasteiger partial charge in [-0.05, 0) is 66.6 Å². The predicted octanol–water partition coefficient (Wildman–Crippen LogP) is 4.80. The number of aromatic nitrogens is 3. The molecule has 1 aromatic heterocycles. The summed E-state index contributed by atoms with van der Waals surface area (Å²) in [6.07, 6.45) is 1.60. The first kappa shape index (κ1) is 25.0. The fourth-order valence-corrected chi connectivity index (χ4v) is 4.16. The summed E-state index contributed by atoms with van der Waals surface area (Å²) in [5.74, 6) is 2.24. The number of ether oxygens (including phenoxy) is 2. The summed E-state index contributed by atoms with van der Waals surface area (Å²) in [4.78, 5) is 12.3. The predicted molar refractivity (Wildman–Crippen MR) is 141 cm³/mol. The Labute approximate surface area is 214 Å². The van der Waals surface area contributed by atoms with Crippen LogP contribution in [0.1, 0.15) is 18.1 Å². The Bertz CT molecular complexity index is 1290. The first-order valence-corrected chi connectivity index (χ1v) is 12.4. The summed E-state index contributed by atoms with van der Waals surface area (Å²) in [6.45, 7) is 3.21. The molecule has 1 heterocycles. The lowest BCUT2D eigenvalue weighted by molar-refractivity contribution is -0.118. The second-order valence-corrected chi connectivity index (χ2v) is 8.65. The lowest BCUT2D eigenvalue weighted by atomic mass is 10.2. The fraction of sp³-hybridized carbons (Fsp3) is 0.185. The van der Waals surface area contributed by atoms with Gasteiger partial charge in [-0.15, -0.1) is 10.2 Å². The van der Waals surface area contributed by atoms with E-state index in [1.54, 1.807) is 13.3 Å². The Balaban J connectivity index is 1.26. The van der Waals surface area contributed by atoms with Gasteiger partial charge in [-0.1, -0.05) is 42.1 Å². The average Bonchev–Trinajstić information content (AvgIpc) is 3.35. The highest BCUT2D eigenvalue weighted by atomic mass is 32.2. The molecule has 0 bridgehead atoms. The van der Waals surface area contributed by atoms with Crippen LogP contribution in [0.4, 0.5) is 0 Å². The van der Waals surface area contributed by atoms with Crippen LogP contribution in [-0.2, 0) is 17.9 Å². The van der Waals surface area contributed by atoms with Crippen LogP contribution < -0.4 is 14.9 Å². The van der Waals surface area contributed by atoms with E-state index in [0.29, 0.717) is 18.3 Å². The number of hydrogen-bond donors (Lipinski definition) is 1. The smallest absolute Gasteiger partial charge is 0.250 e. The standard InChI is InChI=1S/C27H27N5O3S/c1-3-32-26(22-11-15-23(34-2)16-12-22)30-31-27(32)36-19-25(33)29-28-17-20-9-13-24(14-10-20)35-18-21-7-5-4-6-8-21/h4-17H,3,18-19H2,1-2H3,(H,29,33)/b28-17+. The molecule has 0 aliphatic carbocycles. The number of amides is 1. The zero-order valence-electron chi connectivity index (χ0n) is 20.1. The van der Waals surface area contributed by atoms with Gasteiger partial charge in [-0.3, -0.25) is 4.79 Å². The first-order chi connectivity index (χ1) is 17.7. The number of hydrazone groups is 1. The zero-order valence-corrected chi connectivity index (χ0v) is 20.9. The molecule has 0 aliphatic rings. The Morgan fingerprint density at radius 2 is 1.72 bits per heavy atom. The van der Waals surface area contributed by atoms with E-state index in [1.165, 1.54) is 11.8 Å². The van der Waals surface area contributed by atoms with Crippen LogP contribution in [0.3, 0.4) is 0 Å². The highest BCUT2D eigenvalue weighted by Gasteiger charge is 2.14. The van der Waals surface area contributed by atoms with E-state index >= 15 is 0 Å². The highest BCUT2D eigenvalue weighted by molar-refractivity contribution is 7.99. The molecule has 1 amide bonds. The van der Waals surface area contributed by atoms with E-state index in [9.17, 15) is 4.79 Å². The van der Waals surface area contributed by atoms with Crippen molar-refractivity contribution in [2.45, 2.75) is 25.2 Å². The van der Waals surface area contributed by atoms with E-state index in [2.05, 4.69) is 20.7 Å². The molecule has 0 unspecified atom stereocenters. The molecule has 1 N–H and O–H groups in total. The second kappa shape index (κ2) is 12.6. The molecule has 0 fully saturated rings. The van der Waals surface area contributed by atoms with Crippen LogP contribution >= 0.6 is 11.8 Å². The molecule has 0 aliphatic heterocycles. The topological polar surface area (TPSA) is 90.6 Å². The number of thioether (sulfide) groups is 1. The van der Waals surface area contributed by atoms with Crippen LogP contribution in [0.2, 0.25) is 0 Å². The van der Waals surface area contributed by atoms with E-state index in [0.717, 1.165) is 34.0 Å². The monoisotopic (exact) mass is 501 g/mol. The van der Waals surface area contributed by atoms with Crippen molar-refractivity contribution in [3.8, 4) is 22.9 Å². The minimum Gasteiger partial charge on any atom is -0.497 e. The number of nitrogens with one attached hydrogen (secondary N) is 1. The third kappa shape index (κ3) is 6.73. The minimum atomic E-state index is -0.226. The third-order valence-electron chi connectivity index (χ3n) is 5.24. The number of carbonyl (C=O) groups is 1. The summed E-state index contributed by atoms with van der Waals surface area (Å²) in [7, 11) is 1.63. The van der Waals surface area contributed by atoms with Crippen LogP contribution in [-0.4, -0.2) is 39.7 Å². The molecule has 4 aromatic rings. The Kier molecular flexibility index (Phi) is 8.72. The molecule has 0 radical (unpaired) electrons. The Morgan fingerprint density at radius 1 is 1.00 bits per heavy atom. The van der Waals surface area contributed by atoms with Gasteiger partial charge >= 0.3 is 0 Å². The largest absolute Gasteiger partial charge is 0.497 e. The van der Waals surface area contributed by atoms with Gasteiger partial charge in [0, 0.05) is 12.1 Å². The maximum Gasteiger partial charge on any atom is 0.250 e. The van der Waals surface area contributed by atoms with E-state index in [4.69, 9.17) is 9.47 Å². The second-order valence-electron chi connectivity index (χ2n) is 7.70. The van der Waals surface area contributed by atoms with Crippen LogP contribution in [0.25, 0.3) is 11.4 Å². The molecule has 8 nitrogen and oxygen atoms in total. The molecule has 0 saturated carbocycles. The maximum absolute atomic E-state index is 12.3. The molecule has 36 heavy (non-hydrogen) atoms. The van der Waals surface area contributed by atoms with Crippen molar-refractivity contribution in [2.75, 3.05) is 12.9 Å². The molecule has 4 rings (SSSR count). The molecule has 0 saturated heterocycles. The van der Waals surface area contributed by atoms with Crippen molar-refractivity contribution >= 4 is 23.9 Å². The SMILES string of the molecule is CCn1c(SCC(=O)N/N=C/c2ccc(OCc3ccccc3)cc2)nnc1-c1ccc(OC)cc1.